The van der Waals surface area contributed by atoms with E-state index in [1.165, 1.54) is 0 Å². The highest BCUT2D eigenvalue weighted by molar-refractivity contribution is 5.84. The van der Waals surface area contributed by atoms with E-state index in [4.69, 9.17) is 0 Å². The highest BCUT2D eigenvalue weighted by atomic mass is 16.4. The fourth-order valence-electron chi connectivity index (χ4n) is 2.57. The minimum absolute atomic E-state index is 0.0594. The maximum atomic E-state index is 12.0. The van der Waals surface area contributed by atoms with Gasteiger partial charge in [-0.15, -0.1) is 0 Å². The molecule has 1 unspecified atom stereocenters. The van der Waals surface area contributed by atoms with Gasteiger partial charge in [0.15, 0.2) is 0 Å². The van der Waals surface area contributed by atoms with Gasteiger partial charge in [0, 0.05) is 13.0 Å². The van der Waals surface area contributed by atoms with Crippen LogP contribution in [0, 0.1) is 11.3 Å². The number of rotatable bonds is 6. The third-order valence-corrected chi connectivity index (χ3v) is 4.69. The number of carboxylic acids is 1. The van der Waals surface area contributed by atoms with E-state index in [-0.39, 0.29) is 24.8 Å². The zero-order chi connectivity index (χ0) is 15.4. The molecule has 1 amide bonds. The van der Waals surface area contributed by atoms with Gasteiger partial charge in [0.2, 0.25) is 5.91 Å². The zero-order valence-corrected chi connectivity index (χ0v) is 12.7. The van der Waals surface area contributed by atoms with Crippen LogP contribution in [0.4, 0.5) is 0 Å². The van der Waals surface area contributed by atoms with Crippen LogP contribution in [-0.4, -0.2) is 34.2 Å². The Morgan fingerprint density at radius 1 is 1.25 bits per heavy atom. The largest absolute Gasteiger partial charge is 0.481 e. The predicted molar refractivity (Wildman–Crippen MR) is 76.2 cm³/mol. The van der Waals surface area contributed by atoms with Crippen molar-refractivity contribution in [2.24, 2.45) is 11.3 Å². The standard InChI is InChI=1S/C15H27NO4/c1-11(2)14(3,13(18)19)9-12(17)16-10-15(20)7-5-4-6-8-15/h11,20H,4-10H2,1-3H3,(H,16,17)(H,18,19). The molecule has 3 N–H and O–H groups in total. The van der Waals surface area contributed by atoms with Crippen molar-refractivity contribution in [1.82, 2.24) is 5.32 Å². The monoisotopic (exact) mass is 285 g/mol. The Balaban J connectivity index is 2.52. The number of carboxylic acid groups (broad SMARTS) is 1. The summed E-state index contributed by atoms with van der Waals surface area (Å²) in [5.41, 5.74) is -1.88. The average molecular weight is 285 g/mol. The van der Waals surface area contributed by atoms with E-state index in [1.54, 1.807) is 20.8 Å². The molecule has 0 spiro atoms. The minimum atomic E-state index is -1.07. The molecule has 0 heterocycles. The third-order valence-electron chi connectivity index (χ3n) is 4.69. The highest BCUT2D eigenvalue weighted by Crippen LogP contribution is 2.32. The van der Waals surface area contributed by atoms with Crippen LogP contribution >= 0.6 is 0 Å². The Kier molecular flexibility index (Phi) is 5.57. The van der Waals surface area contributed by atoms with Crippen LogP contribution in [0.1, 0.15) is 59.3 Å². The van der Waals surface area contributed by atoms with E-state index in [0.717, 1.165) is 19.3 Å². The highest BCUT2D eigenvalue weighted by Gasteiger charge is 2.39. The van der Waals surface area contributed by atoms with Gasteiger partial charge in [-0.05, 0) is 25.7 Å². The maximum absolute atomic E-state index is 12.0. The topological polar surface area (TPSA) is 86.6 Å². The van der Waals surface area contributed by atoms with E-state index in [0.29, 0.717) is 12.8 Å². The number of hydrogen-bond acceptors (Lipinski definition) is 3. The molecule has 1 aliphatic rings. The number of carbonyl (C=O) groups is 2. The molecule has 1 aliphatic carbocycles. The smallest absolute Gasteiger partial charge is 0.310 e. The molecule has 0 aliphatic heterocycles. The first-order chi connectivity index (χ1) is 9.19. The molecule has 0 aromatic heterocycles. The van der Waals surface area contributed by atoms with Crippen LogP contribution in [0.5, 0.6) is 0 Å². The van der Waals surface area contributed by atoms with Crippen molar-refractivity contribution < 1.29 is 19.8 Å². The lowest BCUT2D eigenvalue weighted by atomic mass is 9.76. The Morgan fingerprint density at radius 3 is 2.25 bits per heavy atom. The lowest BCUT2D eigenvalue weighted by molar-refractivity contribution is -0.153. The summed E-state index contributed by atoms with van der Waals surface area (Å²) in [7, 11) is 0. The Hall–Kier alpha value is -1.10. The summed E-state index contributed by atoms with van der Waals surface area (Å²) in [4.78, 5) is 23.3. The fourth-order valence-corrected chi connectivity index (χ4v) is 2.57. The van der Waals surface area contributed by atoms with Crippen molar-refractivity contribution in [2.75, 3.05) is 6.54 Å². The first-order valence-corrected chi connectivity index (χ1v) is 7.42. The molecule has 20 heavy (non-hydrogen) atoms. The van der Waals surface area contributed by atoms with Crippen LogP contribution in [0.3, 0.4) is 0 Å². The predicted octanol–water partition coefficient (Wildman–Crippen LogP) is 1.93. The lowest BCUT2D eigenvalue weighted by Gasteiger charge is -2.33. The molecule has 0 radical (unpaired) electrons. The van der Waals surface area contributed by atoms with E-state index in [2.05, 4.69) is 5.32 Å². The molecule has 1 fully saturated rings. The van der Waals surface area contributed by atoms with E-state index in [1.807, 2.05) is 0 Å². The second-order valence-electron chi connectivity index (χ2n) is 6.62. The van der Waals surface area contributed by atoms with Gasteiger partial charge in [0.05, 0.1) is 11.0 Å². The molecule has 0 aromatic carbocycles. The summed E-state index contributed by atoms with van der Waals surface area (Å²) in [5, 5.41) is 22.3. The molecule has 5 nitrogen and oxygen atoms in total. The Bertz CT molecular complexity index is 361. The lowest BCUT2D eigenvalue weighted by Crippen LogP contribution is -2.46. The van der Waals surface area contributed by atoms with Gasteiger partial charge in [0.25, 0.3) is 0 Å². The molecular formula is C15H27NO4. The SMILES string of the molecule is CC(C)C(C)(CC(=O)NCC1(O)CCCCC1)C(=O)O. The number of aliphatic carboxylic acids is 1. The van der Waals surface area contributed by atoms with Crippen molar-refractivity contribution in [2.45, 2.75) is 64.9 Å². The number of aliphatic hydroxyl groups is 1. The molecule has 1 rings (SSSR count). The number of amides is 1. The molecule has 5 heteroatoms. The van der Waals surface area contributed by atoms with Gasteiger partial charge in [0.1, 0.15) is 0 Å². The zero-order valence-electron chi connectivity index (χ0n) is 12.7. The molecular weight excluding hydrogens is 258 g/mol. The number of nitrogens with one attached hydrogen (secondary N) is 1. The minimum Gasteiger partial charge on any atom is -0.481 e. The van der Waals surface area contributed by atoms with Crippen molar-refractivity contribution in [3.63, 3.8) is 0 Å². The normalized spacial score (nSPS) is 21.2. The van der Waals surface area contributed by atoms with Crippen molar-refractivity contribution >= 4 is 11.9 Å². The van der Waals surface area contributed by atoms with Gasteiger partial charge in [-0.1, -0.05) is 33.1 Å². The maximum Gasteiger partial charge on any atom is 0.310 e. The molecule has 1 saturated carbocycles. The van der Waals surface area contributed by atoms with E-state index in [9.17, 15) is 19.8 Å². The first-order valence-electron chi connectivity index (χ1n) is 7.42. The van der Waals surface area contributed by atoms with Crippen LogP contribution in [-0.2, 0) is 9.59 Å². The average Bonchev–Trinajstić information content (AvgIpc) is 2.37. The third kappa shape index (κ3) is 4.20. The van der Waals surface area contributed by atoms with Gasteiger partial charge in [-0.25, -0.2) is 0 Å². The second-order valence-corrected chi connectivity index (χ2v) is 6.62. The van der Waals surface area contributed by atoms with Crippen LogP contribution in [0.25, 0.3) is 0 Å². The van der Waals surface area contributed by atoms with Gasteiger partial charge in [-0.3, -0.25) is 9.59 Å². The van der Waals surface area contributed by atoms with Gasteiger partial charge < -0.3 is 15.5 Å². The molecule has 116 valence electrons. The van der Waals surface area contributed by atoms with Gasteiger partial charge in [-0.2, -0.15) is 0 Å². The summed E-state index contributed by atoms with van der Waals surface area (Å²) < 4.78 is 0. The van der Waals surface area contributed by atoms with E-state index < -0.39 is 17.0 Å². The number of hydrogen-bond donors (Lipinski definition) is 3. The fraction of sp³-hybridized carbons (Fsp3) is 0.867. The summed E-state index contributed by atoms with van der Waals surface area (Å²) in [6.45, 7) is 5.42. The Morgan fingerprint density at radius 2 is 1.80 bits per heavy atom. The summed E-state index contributed by atoms with van der Waals surface area (Å²) in [6.07, 6.45) is 4.43. The summed E-state index contributed by atoms with van der Waals surface area (Å²) >= 11 is 0. The van der Waals surface area contributed by atoms with Crippen molar-refractivity contribution in [3.8, 4) is 0 Å². The van der Waals surface area contributed by atoms with Crippen molar-refractivity contribution in [1.29, 1.82) is 0 Å². The summed E-state index contributed by atoms with van der Waals surface area (Å²) in [5.74, 6) is -1.40. The number of carbonyl (C=O) groups excluding carboxylic acids is 1. The summed E-state index contributed by atoms with van der Waals surface area (Å²) in [6, 6.07) is 0. The molecule has 0 aromatic rings. The second kappa shape index (κ2) is 6.57. The van der Waals surface area contributed by atoms with Crippen LogP contribution in [0.2, 0.25) is 0 Å². The first kappa shape index (κ1) is 17.0. The van der Waals surface area contributed by atoms with Crippen LogP contribution < -0.4 is 5.32 Å². The van der Waals surface area contributed by atoms with E-state index >= 15 is 0 Å². The molecule has 1 atom stereocenters. The van der Waals surface area contributed by atoms with Crippen molar-refractivity contribution in [3.05, 3.63) is 0 Å². The Labute approximate surface area is 120 Å². The quantitative estimate of drug-likeness (QED) is 0.696. The molecule has 0 bridgehead atoms. The van der Waals surface area contributed by atoms with Gasteiger partial charge >= 0.3 is 5.97 Å². The molecule has 0 saturated heterocycles. The van der Waals surface area contributed by atoms with Crippen LogP contribution in [0.15, 0.2) is 0 Å².